The van der Waals surface area contributed by atoms with Crippen LogP contribution in [0.2, 0.25) is 0 Å². The number of aromatic nitrogens is 2. The molecule has 8 nitrogen and oxygen atoms in total. The molecule has 2 aliphatic heterocycles. The summed E-state index contributed by atoms with van der Waals surface area (Å²) in [5.74, 6) is 1.91. The quantitative estimate of drug-likeness (QED) is 0.487. The predicted octanol–water partition coefficient (Wildman–Crippen LogP) is 3.50. The fourth-order valence-electron chi connectivity index (χ4n) is 4.89. The lowest BCUT2D eigenvalue weighted by molar-refractivity contribution is 0.154. The Bertz CT molecular complexity index is 1020. The minimum absolute atomic E-state index is 0.301. The van der Waals surface area contributed by atoms with Crippen LogP contribution < -0.4 is 20.7 Å². The number of nitrogens with one attached hydrogen (secondary N) is 3. The molecule has 1 atom stereocenters. The first-order valence-electron chi connectivity index (χ1n) is 12.4. The van der Waals surface area contributed by atoms with Gasteiger partial charge in [-0.3, -0.25) is 0 Å². The zero-order valence-electron chi connectivity index (χ0n) is 19.8. The van der Waals surface area contributed by atoms with Gasteiger partial charge in [-0.05, 0) is 89.1 Å². The van der Waals surface area contributed by atoms with Gasteiger partial charge in [0, 0.05) is 11.7 Å². The largest absolute Gasteiger partial charge is 0.490 e. The molecule has 2 aromatic rings. The zero-order chi connectivity index (χ0) is 23.5. The summed E-state index contributed by atoms with van der Waals surface area (Å²) in [5.41, 5.74) is 2.39. The first kappa shape index (κ1) is 23.0. The second kappa shape index (κ2) is 10.2. The van der Waals surface area contributed by atoms with Crippen LogP contribution in [0.3, 0.4) is 0 Å². The second-order valence-electron chi connectivity index (χ2n) is 9.58. The molecule has 4 N–H and O–H groups in total. The van der Waals surface area contributed by atoms with Crippen LogP contribution in [0.5, 0.6) is 5.75 Å². The Kier molecular flexibility index (Phi) is 6.92. The molecule has 0 bridgehead atoms. The number of piperidine rings is 1. The maximum Gasteiger partial charge on any atom is 0.225 e. The Morgan fingerprint density at radius 2 is 1.79 bits per heavy atom. The number of fused-ring (bicyclic) bond motifs is 1. The molecule has 1 aliphatic carbocycles. The molecule has 9 heteroatoms. The smallest absolute Gasteiger partial charge is 0.225 e. The summed E-state index contributed by atoms with van der Waals surface area (Å²) in [6.07, 6.45) is 9.04. The molecule has 2 fully saturated rings. The summed E-state index contributed by atoms with van der Waals surface area (Å²) < 4.78 is 6.15. The topological polar surface area (TPSA) is 94.6 Å². The molecule has 1 saturated heterocycles. The van der Waals surface area contributed by atoms with Gasteiger partial charge in [-0.15, -0.1) is 0 Å². The molecule has 1 aromatic carbocycles. The van der Waals surface area contributed by atoms with Crippen molar-refractivity contribution in [2.45, 2.75) is 63.3 Å². The summed E-state index contributed by atoms with van der Waals surface area (Å²) in [7, 11) is 8.36. The Morgan fingerprint density at radius 3 is 2.53 bits per heavy atom. The van der Waals surface area contributed by atoms with Crippen LogP contribution in [-0.4, -0.2) is 60.1 Å². The van der Waals surface area contributed by atoms with Crippen LogP contribution in [-0.2, 0) is 0 Å². The second-order valence-corrected chi connectivity index (χ2v) is 9.58. The molecular formula is C25H33BN6O2. The van der Waals surface area contributed by atoms with E-state index in [1.54, 1.807) is 6.20 Å². The molecule has 1 saturated carbocycles. The molecule has 1 aromatic heterocycles. The van der Waals surface area contributed by atoms with E-state index in [1.807, 2.05) is 24.3 Å². The third-order valence-electron chi connectivity index (χ3n) is 6.91. The van der Waals surface area contributed by atoms with Crippen molar-refractivity contribution in [1.29, 1.82) is 0 Å². The number of rotatable bonds is 6. The van der Waals surface area contributed by atoms with E-state index in [4.69, 9.17) is 17.6 Å². The van der Waals surface area contributed by atoms with Crippen molar-refractivity contribution in [2.24, 2.45) is 0 Å². The van der Waals surface area contributed by atoms with Crippen LogP contribution in [0.4, 0.5) is 17.5 Å². The highest BCUT2D eigenvalue weighted by Gasteiger charge is 2.26. The Labute approximate surface area is 202 Å². The molecular weight excluding hydrogens is 427 g/mol. The van der Waals surface area contributed by atoms with Crippen molar-refractivity contribution >= 4 is 30.8 Å². The lowest BCUT2D eigenvalue weighted by atomic mass is 9.88. The molecule has 2 radical (unpaired) electrons. The molecule has 0 amide bonds. The lowest BCUT2D eigenvalue weighted by Gasteiger charge is -2.30. The number of hydrogen-bond donors (Lipinski definition) is 4. The summed E-state index contributed by atoms with van der Waals surface area (Å²) in [5, 5.41) is 20.3. The van der Waals surface area contributed by atoms with Crippen molar-refractivity contribution in [3.63, 3.8) is 0 Å². The van der Waals surface area contributed by atoms with Gasteiger partial charge >= 0.3 is 0 Å². The minimum Gasteiger partial charge on any atom is -0.490 e. The van der Waals surface area contributed by atoms with Gasteiger partial charge in [-0.2, -0.15) is 4.98 Å². The Morgan fingerprint density at radius 1 is 1.06 bits per heavy atom. The number of aliphatic hydroxyl groups excluding tert-OH is 1. The van der Waals surface area contributed by atoms with Gasteiger partial charge in [-0.25, -0.2) is 4.98 Å². The highest BCUT2D eigenvalue weighted by atomic mass is 16.5. The van der Waals surface area contributed by atoms with Gasteiger partial charge < -0.3 is 30.7 Å². The maximum atomic E-state index is 10.6. The van der Waals surface area contributed by atoms with E-state index >= 15 is 0 Å². The third kappa shape index (κ3) is 5.31. The van der Waals surface area contributed by atoms with Gasteiger partial charge in [-0.1, -0.05) is 11.9 Å². The predicted molar refractivity (Wildman–Crippen MR) is 135 cm³/mol. The van der Waals surface area contributed by atoms with E-state index in [9.17, 15) is 5.11 Å². The van der Waals surface area contributed by atoms with Crippen molar-refractivity contribution in [3.05, 3.63) is 41.7 Å². The van der Waals surface area contributed by atoms with Crippen molar-refractivity contribution in [3.8, 4) is 5.75 Å². The minimum atomic E-state index is -0.948. The van der Waals surface area contributed by atoms with E-state index in [0.29, 0.717) is 40.6 Å². The molecule has 178 valence electrons. The number of aliphatic hydroxyl groups is 1. The van der Waals surface area contributed by atoms with Crippen molar-refractivity contribution in [2.75, 3.05) is 30.8 Å². The highest BCUT2D eigenvalue weighted by Crippen LogP contribution is 2.33. The number of nitrogens with zero attached hydrogens (tertiary/aromatic N) is 3. The van der Waals surface area contributed by atoms with Gasteiger partial charge in [0.05, 0.1) is 17.4 Å². The monoisotopic (exact) mass is 460 g/mol. The van der Waals surface area contributed by atoms with Gasteiger partial charge in [0.2, 0.25) is 5.95 Å². The first-order chi connectivity index (χ1) is 16.5. The van der Waals surface area contributed by atoms with E-state index in [-0.39, 0.29) is 0 Å². The molecule has 3 heterocycles. The van der Waals surface area contributed by atoms with E-state index in [1.165, 1.54) is 19.3 Å². The fourth-order valence-corrected chi connectivity index (χ4v) is 4.89. The molecule has 0 spiro atoms. The number of hydrogen-bond acceptors (Lipinski definition) is 8. The molecule has 3 aliphatic rings. The Balaban J connectivity index is 1.36. The molecule has 5 rings (SSSR count). The van der Waals surface area contributed by atoms with E-state index in [2.05, 4.69) is 32.9 Å². The summed E-state index contributed by atoms with van der Waals surface area (Å²) in [6.45, 7) is 2.07. The van der Waals surface area contributed by atoms with Gasteiger partial charge in [0.25, 0.3) is 0 Å². The standard InChI is InChI=1S/C25H33BN6O2/c1-32-13-11-17(12-14-32)29-25-30-22-20(26)15-27-24(33)21(22)23(31-25)28-16-7-9-19(10-8-16)34-18-5-3-2-4-6-18/h7-10,15,17-18,24,27,33H,2-6,11-14H2,1H3,(H2,28,29,30,31). The van der Waals surface area contributed by atoms with Crippen LogP contribution >= 0.6 is 0 Å². The van der Waals surface area contributed by atoms with E-state index in [0.717, 1.165) is 50.2 Å². The molecule has 34 heavy (non-hydrogen) atoms. The highest BCUT2D eigenvalue weighted by molar-refractivity contribution is 6.42. The Hall–Kier alpha value is -2.78. The number of anilines is 3. The molecule has 1 unspecified atom stereocenters. The van der Waals surface area contributed by atoms with Crippen LogP contribution in [0.15, 0.2) is 30.5 Å². The first-order valence-corrected chi connectivity index (χ1v) is 12.4. The van der Waals surface area contributed by atoms with Crippen LogP contribution in [0, 0.1) is 0 Å². The van der Waals surface area contributed by atoms with Gasteiger partial charge in [0.1, 0.15) is 19.4 Å². The average molecular weight is 460 g/mol. The normalized spacial score (nSPS) is 21.8. The summed E-state index contributed by atoms with van der Waals surface area (Å²) in [4.78, 5) is 11.7. The third-order valence-corrected chi connectivity index (χ3v) is 6.91. The fraction of sp³-hybridized carbons (Fsp3) is 0.520. The number of likely N-dealkylation sites (tertiary alicyclic amines) is 1. The summed E-state index contributed by atoms with van der Waals surface area (Å²) >= 11 is 0. The lowest BCUT2D eigenvalue weighted by Crippen LogP contribution is -2.37. The maximum absolute atomic E-state index is 10.6. The zero-order valence-corrected chi connectivity index (χ0v) is 19.8. The number of ether oxygens (including phenoxy) is 1. The average Bonchev–Trinajstić information content (AvgIpc) is 2.85. The van der Waals surface area contributed by atoms with Crippen LogP contribution in [0.1, 0.15) is 62.4 Å². The summed E-state index contributed by atoms with van der Waals surface area (Å²) in [6, 6.07) is 8.20. The van der Waals surface area contributed by atoms with Gasteiger partial charge in [0.15, 0.2) is 6.23 Å². The van der Waals surface area contributed by atoms with Crippen molar-refractivity contribution in [1.82, 2.24) is 20.2 Å². The SMILES string of the molecule is [B]C1=CNC(O)c2c(Nc3ccc(OC4CCCCC4)cc3)nc(NC3CCN(C)CC3)nc21. The number of benzene rings is 1. The van der Waals surface area contributed by atoms with Crippen molar-refractivity contribution < 1.29 is 9.84 Å². The van der Waals surface area contributed by atoms with E-state index < -0.39 is 6.23 Å². The van der Waals surface area contributed by atoms with Crippen LogP contribution in [0.25, 0.3) is 5.47 Å².